The summed E-state index contributed by atoms with van der Waals surface area (Å²) in [6, 6.07) is 20.4. The molecule has 3 aromatic carbocycles. The second-order valence-corrected chi connectivity index (χ2v) is 10.7. The van der Waals surface area contributed by atoms with Crippen LogP contribution in [-0.4, -0.2) is 27.1 Å². The van der Waals surface area contributed by atoms with Gasteiger partial charge < -0.3 is 9.64 Å². The van der Waals surface area contributed by atoms with E-state index in [2.05, 4.69) is 26.0 Å². The van der Waals surface area contributed by atoms with Gasteiger partial charge in [-0.2, -0.15) is 9.50 Å². The number of rotatable bonds is 5. The van der Waals surface area contributed by atoms with Crippen LogP contribution in [0.3, 0.4) is 0 Å². The van der Waals surface area contributed by atoms with Gasteiger partial charge in [-0.1, -0.05) is 51.0 Å². The molecule has 10 heteroatoms. The fourth-order valence-corrected chi connectivity index (χ4v) is 5.81. The maximum absolute atomic E-state index is 13.7. The Hall–Kier alpha value is -3.53. The Bertz CT molecular complexity index is 1780. The first-order valence-electron chi connectivity index (χ1n) is 11.5. The highest BCUT2D eigenvalue weighted by molar-refractivity contribution is 9.10. The minimum Gasteiger partial charge on any atom is -0.494 e. The third-order valence-electron chi connectivity index (χ3n) is 6.04. The summed E-state index contributed by atoms with van der Waals surface area (Å²) in [5, 5.41) is 5.07. The summed E-state index contributed by atoms with van der Waals surface area (Å²) in [4.78, 5) is 33.9. The van der Waals surface area contributed by atoms with Crippen LogP contribution in [0.1, 0.15) is 18.1 Å². The number of nitrogens with zero attached hydrogens (tertiary/aromatic N) is 4. The van der Waals surface area contributed by atoms with Gasteiger partial charge in [0.1, 0.15) is 10.3 Å². The van der Waals surface area contributed by atoms with Crippen molar-refractivity contribution in [3.8, 4) is 17.1 Å². The van der Waals surface area contributed by atoms with Gasteiger partial charge in [0.05, 0.1) is 24.4 Å². The molecule has 0 N–H and O–H groups in total. The number of amides is 1. The fourth-order valence-electron chi connectivity index (χ4n) is 4.33. The highest BCUT2D eigenvalue weighted by Crippen LogP contribution is 2.38. The molecule has 1 amide bonds. The standard InChI is InChI=1S/C27H18BrClN4O3S/c1-2-36-19-10-5-16(6-11-19)24-30-27-33(31-24)26(35)23(37-27)22-20-13-17(28)7-12-21(20)32(25(22)34)14-15-3-8-18(29)9-4-15/h3-13H,2,14H2,1H3. The number of aromatic nitrogens is 3. The van der Waals surface area contributed by atoms with Crippen LogP contribution < -0.4 is 19.7 Å². The third kappa shape index (κ3) is 4.22. The number of fused-ring (bicyclic) bond motifs is 2. The van der Waals surface area contributed by atoms with Gasteiger partial charge in [0.15, 0.2) is 5.82 Å². The lowest BCUT2D eigenvalue weighted by Gasteiger charge is -2.17. The van der Waals surface area contributed by atoms with Gasteiger partial charge in [0.2, 0.25) is 4.96 Å². The monoisotopic (exact) mass is 592 g/mol. The zero-order chi connectivity index (χ0) is 25.7. The quantitative estimate of drug-likeness (QED) is 0.284. The Morgan fingerprint density at radius 1 is 1.03 bits per heavy atom. The van der Waals surface area contributed by atoms with Gasteiger partial charge in [-0.25, -0.2) is 0 Å². The number of hydrogen-bond acceptors (Lipinski definition) is 6. The Morgan fingerprint density at radius 2 is 1.78 bits per heavy atom. The molecule has 0 atom stereocenters. The van der Waals surface area contributed by atoms with E-state index >= 15 is 0 Å². The predicted molar refractivity (Wildman–Crippen MR) is 148 cm³/mol. The average Bonchev–Trinajstić information content (AvgIpc) is 3.52. The van der Waals surface area contributed by atoms with E-state index in [0.29, 0.717) is 44.6 Å². The number of halogens is 2. The van der Waals surface area contributed by atoms with Gasteiger partial charge in [0.25, 0.3) is 11.5 Å². The summed E-state index contributed by atoms with van der Waals surface area (Å²) in [6.45, 7) is 2.85. The van der Waals surface area contributed by atoms with E-state index in [1.54, 1.807) is 17.0 Å². The fraction of sp³-hybridized carbons (Fsp3) is 0.111. The number of ether oxygens (including phenoxy) is 1. The van der Waals surface area contributed by atoms with E-state index in [0.717, 1.165) is 27.0 Å². The van der Waals surface area contributed by atoms with E-state index < -0.39 is 0 Å². The van der Waals surface area contributed by atoms with Crippen molar-refractivity contribution >= 4 is 61.0 Å². The van der Waals surface area contributed by atoms with E-state index in [-0.39, 0.29) is 11.5 Å². The molecule has 0 aliphatic carbocycles. The van der Waals surface area contributed by atoms with E-state index in [1.807, 2.05) is 61.5 Å². The van der Waals surface area contributed by atoms with Gasteiger partial charge in [-0.05, 0) is 67.1 Å². The van der Waals surface area contributed by atoms with Crippen molar-refractivity contribution < 1.29 is 9.53 Å². The highest BCUT2D eigenvalue weighted by atomic mass is 79.9. The lowest BCUT2D eigenvalue weighted by molar-refractivity contribution is -0.113. The van der Waals surface area contributed by atoms with Crippen LogP contribution in [0.25, 0.3) is 21.9 Å². The third-order valence-corrected chi connectivity index (χ3v) is 7.81. The molecule has 3 heterocycles. The number of benzene rings is 3. The van der Waals surface area contributed by atoms with Crippen LogP contribution >= 0.6 is 38.9 Å². The van der Waals surface area contributed by atoms with Crippen molar-refractivity contribution in [2.24, 2.45) is 0 Å². The van der Waals surface area contributed by atoms with Crippen LogP contribution in [0.2, 0.25) is 5.02 Å². The SMILES string of the molecule is CCOc1ccc(-c2nc3sc(=C4C(=O)N(Cc5ccc(Cl)cc5)c5ccc(Br)cc54)c(=O)n3n2)cc1. The first-order valence-corrected chi connectivity index (χ1v) is 13.4. The first kappa shape index (κ1) is 23.8. The second-order valence-electron chi connectivity index (χ2n) is 8.38. The van der Waals surface area contributed by atoms with Gasteiger partial charge >= 0.3 is 0 Å². The zero-order valence-corrected chi connectivity index (χ0v) is 22.6. The molecule has 1 aliphatic rings. The Balaban J connectivity index is 1.45. The Morgan fingerprint density at radius 3 is 2.49 bits per heavy atom. The minimum atomic E-state index is -0.368. The molecule has 0 bridgehead atoms. The number of carbonyl (C=O) groups excluding carboxylic acids is 1. The van der Waals surface area contributed by atoms with Crippen molar-refractivity contribution in [2.45, 2.75) is 13.5 Å². The van der Waals surface area contributed by atoms with E-state index in [1.165, 1.54) is 15.9 Å². The zero-order valence-electron chi connectivity index (χ0n) is 19.4. The lowest BCUT2D eigenvalue weighted by Crippen LogP contribution is -2.32. The molecule has 184 valence electrons. The van der Waals surface area contributed by atoms with Gasteiger partial charge in [-0.3, -0.25) is 9.59 Å². The molecule has 5 aromatic rings. The van der Waals surface area contributed by atoms with Gasteiger partial charge in [0, 0.05) is 20.6 Å². The largest absolute Gasteiger partial charge is 0.494 e. The molecule has 7 nitrogen and oxygen atoms in total. The molecule has 0 unspecified atom stereocenters. The Kier molecular flexibility index (Phi) is 6.06. The lowest BCUT2D eigenvalue weighted by atomic mass is 10.1. The topological polar surface area (TPSA) is 76.8 Å². The molecule has 0 spiro atoms. The van der Waals surface area contributed by atoms with Crippen LogP contribution in [0.5, 0.6) is 5.75 Å². The van der Waals surface area contributed by atoms with Crippen LogP contribution in [0.4, 0.5) is 5.69 Å². The smallest absolute Gasteiger partial charge is 0.291 e. The molecule has 6 rings (SSSR count). The first-order chi connectivity index (χ1) is 17.9. The van der Waals surface area contributed by atoms with Crippen molar-refractivity contribution in [3.05, 3.63) is 102 Å². The summed E-state index contributed by atoms with van der Waals surface area (Å²) in [5.74, 6) is 0.952. The van der Waals surface area contributed by atoms with E-state index in [4.69, 9.17) is 16.3 Å². The molecular formula is C27H18BrClN4O3S. The summed E-state index contributed by atoms with van der Waals surface area (Å²) < 4.78 is 7.89. The van der Waals surface area contributed by atoms with Crippen molar-refractivity contribution in [1.82, 2.24) is 14.6 Å². The van der Waals surface area contributed by atoms with Crippen molar-refractivity contribution in [3.63, 3.8) is 0 Å². The van der Waals surface area contributed by atoms with Gasteiger partial charge in [-0.15, -0.1) is 5.10 Å². The average molecular weight is 594 g/mol. The molecule has 2 aromatic heterocycles. The van der Waals surface area contributed by atoms with Crippen LogP contribution in [0.15, 0.2) is 76.0 Å². The van der Waals surface area contributed by atoms with Crippen molar-refractivity contribution in [1.29, 1.82) is 0 Å². The molecule has 0 fully saturated rings. The number of anilines is 1. The highest BCUT2D eigenvalue weighted by Gasteiger charge is 2.34. The molecular weight excluding hydrogens is 576 g/mol. The molecule has 0 radical (unpaired) electrons. The number of carbonyl (C=O) groups is 1. The maximum Gasteiger partial charge on any atom is 0.291 e. The second kappa shape index (κ2) is 9.41. The molecule has 1 aliphatic heterocycles. The number of thiazole rings is 1. The predicted octanol–water partition coefficient (Wildman–Crippen LogP) is 5.10. The van der Waals surface area contributed by atoms with Crippen molar-refractivity contribution in [2.75, 3.05) is 11.5 Å². The molecule has 0 saturated heterocycles. The Labute approximate surface area is 228 Å². The summed E-state index contributed by atoms with van der Waals surface area (Å²) >= 11 is 10.7. The number of hydrogen-bond donors (Lipinski definition) is 0. The molecule has 37 heavy (non-hydrogen) atoms. The summed E-state index contributed by atoms with van der Waals surface area (Å²) in [5.41, 5.74) is 3.13. The molecule has 0 saturated carbocycles. The summed E-state index contributed by atoms with van der Waals surface area (Å²) in [6.07, 6.45) is 0. The van der Waals surface area contributed by atoms with Crippen LogP contribution in [0, 0.1) is 0 Å². The summed E-state index contributed by atoms with van der Waals surface area (Å²) in [7, 11) is 0. The van der Waals surface area contributed by atoms with Crippen LogP contribution in [-0.2, 0) is 11.3 Å². The minimum absolute atomic E-state index is 0.239. The maximum atomic E-state index is 13.7. The van der Waals surface area contributed by atoms with E-state index in [9.17, 15) is 9.59 Å². The normalized spacial score (nSPS) is 14.5.